The molecule has 0 aliphatic carbocycles. The number of fused-ring (bicyclic) bond motifs is 2. The van der Waals surface area contributed by atoms with Gasteiger partial charge in [-0.3, -0.25) is 9.36 Å². The first-order valence-electron chi connectivity index (χ1n) is 11.1. The van der Waals surface area contributed by atoms with Crippen LogP contribution < -0.4 is 5.56 Å². The van der Waals surface area contributed by atoms with Gasteiger partial charge in [0.25, 0.3) is 5.56 Å². The Balaban J connectivity index is 0.00000245. The van der Waals surface area contributed by atoms with Crippen LogP contribution >= 0.6 is 17.0 Å². The van der Waals surface area contributed by atoms with Crippen LogP contribution in [0.25, 0.3) is 11.0 Å². The molecule has 1 fully saturated rings. The third-order valence-corrected chi connectivity index (χ3v) is 6.77. The van der Waals surface area contributed by atoms with E-state index < -0.39 is 6.10 Å². The quantitative estimate of drug-likeness (QED) is 0.581. The second-order valence-corrected chi connectivity index (χ2v) is 8.72. The average molecular weight is 507 g/mol. The van der Waals surface area contributed by atoms with Gasteiger partial charge in [0.1, 0.15) is 17.7 Å². The molecule has 1 saturated heterocycles. The molecule has 7 nitrogen and oxygen atoms in total. The van der Waals surface area contributed by atoms with Crippen LogP contribution in [0.5, 0.6) is 0 Å². The topological polar surface area (TPSA) is 84.4 Å². The maximum absolute atomic E-state index is 13.4. The van der Waals surface area contributed by atoms with Crippen molar-refractivity contribution in [2.75, 3.05) is 19.6 Å². The summed E-state index contributed by atoms with van der Waals surface area (Å²) in [7, 11) is 0. The lowest BCUT2D eigenvalue weighted by Gasteiger charge is -2.31. The van der Waals surface area contributed by atoms with Gasteiger partial charge in [0, 0.05) is 41.7 Å². The number of rotatable bonds is 4. The number of hydrogen-bond donors (Lipinski definition) is 1. The molecular weight excluding hydrogens is 479 g/mol. The molecule has 1 N–H and O–H groups in total. The summed E-state index contributed by atoms with van der Waals surface area (Å²) in [5.74, 6) is 0.489. The summed E-state index contributed by atoms with van der Waals surface area (Å²) in [6.45, 7) is 5.13. The summed E-state index contributed by atoms with van der Waals surface area (Å²) in [5.41, 5.74) is 2.90. The van der Waals surface area contributed by atoms with Crippen molar-refractivity contribution < 1.29 is 14.0 Å². The lowest BCUT2D eigenvalue weighted by atomic mass is 9.91. The lowest BCUT2D eigenvalue weighted by Crippen LogP contribution is -2.37. The number of likely N-dealkylation sites (tertiary alicyclic amines) is 1. The smallest absolute Gasteiger partial charge is 0.257 e. The van der Waals surface area contributed by atoms with Crippen LogP contribution in [0.3, 0.4) is 0 Å². The first kappa shape index (κ1) is 23.1. The number of nitrogens with zero attached hydrogens (tertiary/aromatic N) is 4. The van der Waals surface area contributed by atoms with Crippen LogP contribution in [-0.2, 0) is 13.0 Å². The summed E-state index contributed by atoms with van der Waals surface area (Å²) in [6, 6.07) is 4.58. The van der Waals surface area contributed by atoms with Gasteiger partial charge in [-0.25, -0.2) is 9.37 Å². The second kappa shape index (κ2) is 9.41. The van der Waals surface area contributed by atoms with Crippen molar-refractivity contribution >= 4 is 28.0 Å². The van der Waals surface area contributed by atoms with E-state index in [-0.39, 0.29) is 28.4 Å². The van der Waals surface area contributed by atoms with E-state index in [1.807, 2.05) is 6.92 Å². The molecule has 172 valence electrons. The maximum Gasteiger partial charge on any atom is 0.257 e. The fourth-order valence-electron chi connectivity index (χ4n) is 4.98. The van der Waals surface area contributed by atoms with Gasteiger partial charge in [-0.1, -0.05) is 5.16 Å². The first-order chi connectivity index (χ1) is 15.0. The number of hydrogen-bond acceptors (Lipinski definition) is 6. The van der Waals surface area contributed by atoms with Crippen LogP contribution in [0.1, 0.15) is 60.5 Å². The predicted octanol–water partition coefficient (Wildman–Crippen LogP) is 3.66. The number of benzene rings is 1. The van der Waals surface area contributed by atoms with E-state index in [2.05, 4.69) is 15.0 Å². The Morgan fingerprint density at radius 2 is 2.00 bits per heavy atom. The zero-order valence-electron chi connectivity index (χ0n) is 18.1. The molecule has 0 spiro atoms. The van der Waals surface area contributed by atoms with Gasteiger partial charge >= 0.3 is 0 Å². The molecule has 2 aliphatic heterocycles. The van der Waals surface area contributed by atoms with Crippen molar-refractivity contribution in [1.82, 2.24) is 19.6 Å². The molecule has 0 radical (unpaired) electrons. The highest BCUT2D eigenvalue weighted by Gasteiger charge is 2.26. The normalized spacial score (nSPS) is 19.7. The molecule has 2 aromatic heterocycles. The van der Waals surface area contributed by atoms with Crippen LogP contribution in [0.15, 0.2) is 27.5 Å². The van der Waals surface area contributed by atoms with Crippen LogP contribution in [0, 0.1) is 12.7 Å². The largest absolute Gasteiger partial charge is 0.385 e. The third-order valence-electron chi connectivity index (χ3n) is 6.77. The van der Waals surface area contributed by atoms with Crippen molar-refractivity contribution in [1.29, 1.82) is 0 Å². The summed E-state index contributed by atoms with van der Waals surface area (Å²) in [5, 5.41) is 15.3. The molecule has 5 rings (SSSR count). The van der Waals surface area contributed by atoms with Gasteiger partial charge < -0.3 is 14.5 Å². The van der Waals surface area contributed by atoms with E-state index in [0.717, 1.165) is 61.2 Å². The number of piperidine rings is 1. The number of aromatic nitrogens is 3. The monoisotopic (exact) mass is 506 g/mol. The van der Waals surface area contributed by atoms with Crippen LogP contribution in [0.2, 0.25) is 0 Å². The predicted molar refractivity (Wildman–Crippen MR) is 124 cm³/mol. The van der Waals surface area contributed by atoms with Gasteiger partial charge in [0.2, 0.25) is 0 Å². The minimum atomic E-state index is -0.641. The molecule has 0 bridgehead atoms. The SMILES string of the molecule is Br.Cc1nc2n(c(=O)c1CCN1CCC(c3noc4cc(F)ccc34)CC1)CCC[C@H]2O. The van der Waals surface area contributed by atoms with E-state index in [1.165, 1.54) is 12.1 Å². The van der Waals surface area contributed by atoms with Gasteiger partial charge in [-0.2, -0.15) is 0 Å². The van der Waals surface area contributed by atoms with Gasteiger partial charge in [-0.15, -0.1) is 17.0 Å². The molecule has 3 aromatic rings. The van der Waals surface area contributed by atoms with E-state index in [1.54, 1.807) is 10.6 Å². The van der Waals surface area contributed by atoms with Crippen LogP contribution in [0.4, 0.5) is 4.39 Å². The van der Waals surface area contributed by atoms with Crippen molar-refractivity contribution in [2.24, 2.45) is 0 Å². The second-order valence-electron chi connectivity index (χ2n) is 8.72. The van der Waals surface area contributed by atoms with E-state index in [0.29, 0.717) is 36.7 Å². The van der Waals surface area contributed by atoms with Crippen molar-refractivity contribution in [2.45, 2.75) is 57.6 Å². The number of aliphatic hydroxyl groups is 1. The molecule has 0 amide bonds. The third kappa shape index (κ3) is 4.25. The number of aryl methyl sites for hydroxylation is 1. The Morgan fingerprint density at radius 3 is 2.78 bits per heavy atom. The highest BCUT2D eigenvalue weighted by atomic mass is 79.9. The Morgan fingerprint density at radius 1 is 1.22 bits per heavy atom. The molecule has 0 unspecified atom stereocenters. The zero-order chi connectivity index (χ0) is 21.5. The molecule has 32 heavy (non-hydrogen) atoms. The zero-order valence-corrected chi connectivity index (χ0v) is 19.8. The molecule has 0 saturated carbocycles. The van der Waals surface area contributed by atoms with Crippen LogP contribution in [-0.4, -0.2) is 44.3 Å². The van der Waals surface area contributed by atoms with Crippen molar-refractivity contribution in [3.05, 3.63) is 57.1 Å². The molecule has 1 aromatic carbocycles. The summed E-state index contributed by atoms with van der Waals surface area (Å²) in [6.07, 6.45) is 3.38. The van der Waals surface area contributed by atoms with E-state index in [9.17, 15) is 14.3 Å². The van der Waals surface area contributed by atoms with Gasteiger partial charge in [0.15, 0.2) is 5.58 Å². The summed E-state index contributed by atoms with van der Waals surface area (Å²) < 4.78 is 20.4. The fourth-order valence-corrected chi connectivity index (χ4v) is 4.98. The summed E-state index contributed by atoms with van der Waals surface area (Å²) in [4.78, 5) is 19.9. The van der Waals surface area contributed by atoms with Crippen molar-refractivity contribution in [3.63, 3.8) is 0 Å². The maximum atomic E-state index is 13.4. The first-order valence-corrected chi connectivity index (χ1v) is 11.1. The average Bonchev–Trinajstić information content (AvgIpc) is 3.18. The van der Waals surface area contributed by atoms with E-state index in [4.69, 9.17) is 4.52 Å². The molecule has 2 aliphatic rings. The summed E-state index contributed by atoms with van der Waals surface area (Å²) >= 11 is 0. The van der Waals surface area contributed by atoms with Gasteiger partial charge in [0.05, 0.1) is 5.69 Å². The Bertz CT molecular complexity index is 1170. The lowest BCUT2D eigenvalue weighted by molar-refractivity contribution is 0.129. The highest BCUT2D eigenvalue weighted by molar-refractivity contribution is 8.93. The van der Waals surface area contributed by atoms with Gasteiger partial charge in [-0.05, 0) is 64.3 Å². The Labute approximate surface area is 196 Å². The molecule has 1 atom stereocenters. The van der Waals surface area contributed by atoms with Crippen molar-refractivity contribution in [3.8, 4) is 0 Å². The Hall–Kier alpha value is -2.10. The number of halogens is 2. The standard InChI is InChI=1S/C23H27FN4O3.BrH/c1-14-17(23(30)28-9-2-3-19(29)22(28)25-14)8-12-27-10-6-15(7-11-27)21-18-5-4-16(24)13-20(18)31-26-21;/h4-5,13,15,19,29H,2-3,6-12H2,1H3;1H/t19-;/m1./s1. The minimum absolute atomic E-state index is 0. The number of aliphatic hydroxyl groups excluding tert-OH is 1. The molecule has 9 heteroatoms. The van der Waals surface area contributed by atoms with E-state index >= 15 is 0 Å². The minimum Gasteiger partial charge on any atom is -0.385 e. The highest BCUT2D eigenvalue weighted by Crippen LogP contribution is 2.32. The molecular formula is C23H28BrFN4O3. The fraction of sp³-hybridized carbons (Fsp3) is 0.522. The Kier molecular flexibility index (Phi) is 6.78. The molecule has 4 heterocycles.